The molecule has 0 aromatic rings. The smallest absolute Gasteiger partial charge is 0.178 e. The molecule has 29 heavy (non-hydrogen) atoms. The Bertz CT molecular complexity index is 516. The Hall–Kier alpha value is -1.48. The van der Waals surface area contributed by atoms with Crippen molar-refractivity contribution in [2.24, 2.45) is 17.8 Å². The van der Waals surface area contributed by atoms with E-state index in [1.807, 2.05) is 0 Å². The van der Waals surface area contributed by atoms with Crippen molar-refractivity contribution in [2.75, 3.05) is 0 Å². The van der Waals surface area contributed by atoms with Crippen LogP contribution in [0.1, 0.15) is 92.9 Å². The van der Waals surface area contributed by atoms with Crippen molar-refractivity contribution in [1.82, 2.24) is 0 Å². The zero-order valence-electron chi connectivity index (χ0n) is 19.6. The van der Waals surface area contributed by atoms with E-state index in [2.05, 4.69) is 47.6 Å². The van der Waals surface area contributed by atoms with Crippen LogP contribution in [-0.4, -0.2) is 22.8 Å². The first-order valence-corrected chi connectivity index (χ1v) is 11.4. The van der Waals surface area contributed by atoms with E-state index in [0.717, 1.165) is 24.7 Å². The molecule has 166 valence electrons. The van der Waals surface area contributed by atoms with Crippen molar-refractivity contribution < 1.29 is 14.7 Å². The van der Waals surface area contributed by atoms with Crippen molar-refractivity contribution in [1.29, 1.82) is 0 Å². The number of carbonyl (C=O) groups is 2. The standard InChI is InChI=1S/C20H40O.C6H4O2/c1-7-17(4)14-15-20(21)19(6)13-9-12-18(5)11-8-10-16(2)3;7-5-1-2-6(8)4-3-5/h7,16,18-21H,8-15H2,1-6H3;1-4H/b17-7+;/t18-,19-,20?;/m1./s1. The van der Waals surface area contributed by atoms with E-state index in [1.165, 1.54) is 68.4 Å². The summed E-state index contributed by atoms with van der Waals surface area (Å²) in [7, 11) is 0. The maximum absolute atomic E-state index is 10.3. The van der Waals surface area contributed by atoms with Crippen LogP contribution < -0.4 is 0 Å². The van der Waals surface area contributed by atoms with Crippen LogP contribution in [0, 0.1) is 17.8 Å². The van der Waals surface area contributed by atoms with Gasteiger partial charge in [0.05, 0.1) is 6.10 Å². The van der Waals surface area contributed by atoms with Gasteiger partial charge in [-0.1, -0.05) is 71.4 Å². The number of aliphatic hydroxyl groups is 1. The molecular weight excluding hydrogens is 360 g/mol. The minimum absolute atomic E-state index is 0.121. The van der Waals surface area contributed by atoms with Crippen LogP contribution in [-0.2, 0) is 9.59 Å². The molecule has 3 nitrogen and oxygen atoms in total. The van der Waals surface area contributed by atoms with Gasteiger partial charge in [0, 0.05) is 0 Å². The molecule has 3 atom stereocenters. The molecule has 0 bridgehead atoms. The second-order valence-corrected chi connectivity index (χ2v) is 9.05. The number of hydrogen-bond donors (Lipinski definition) is 1. The highest BCUT2D eigenvalue weighted by atomic mass is 16.3. The summed E-state index contributed by atoms with van der Waals surface area (Å²) in [4.78, 5) is 20.6. The number of rotatable bonds is 12. The van der Waals surface area contributed by atoms with Gasteiger partial charge in [-0.15, -0.1) is 0 Å². The minimum atomic E-state index is -0.129. The fraction of sp³-hybridized carbons (Fsp3) is 0.692. The van der Waals surface area contributed by atoms with E-state index in [-0.39, 0.29) is 17.7 Å². The summed E-state index contributed by atoms with van der Waals surface area (Å²) < 4.78 is 0. The van der Waals surface area contributed by atoms with Gasteiger partial charge in [-0.2, -0.15) is 0 Å². The Balaban J connectivity index is 0.000000807. The number of ketones is 2. The predicted molar refractivity (Wildman–Crippen MR) is 124 cm³/mol. The van der Waals surface area contributed by atoms with Crippen LogP contribution >= 0.6 is 0 Å². The Labute approximate surface area is 179 Å². The molecule has 0 aromatic carbocycles. The van der Waals surface area contributed by atoms with Gasteiger partial charge in [-0.05, 0) is 75.2 Å². The van der Waals surface area contributed by atoms with E-state index in [4.69, 9.17) is 0 Å². The van der Waals surface area contributed by atoms with Crippen molar-refractivity contribution in [3.63, 3.8) is 0 Å². The summed E-state index contributed by atoms with van der Waals surface area (Å²) in [5.74, 6) is 1.89. The molecule has 0 heterocycles. The first kappa shape index (κ1) is 27.5. The molecule has 0 saturated heterocycles. The van der Waals surface area contributed by atoms with Crippen molar-refractivity contribution >= 4 is 11.6 Å². The average molecular weight is 405 g/mol. The normalized spacial score (nSPS) is 17.2. The average Bonchev–Trinajstić information content (AvgIpc) is 2.68. The highest BCUT2D eigenvalue weighted by Crippen LogP contribution is 2.22. The van der Waals surface area contributed by atoms with Crippen molar-refractivity contribution in [3.05, 3.63) is 36.0 Å². The molecule has 0 fully saturated rings. The lowest BCUT2D eigenvalue weighted by molar-refractivity contribution is -0.113. The quantitative estimate of drug-likeness (QED) is 0.294. The molecule has 1 aliphatic rings. The lowest BCUT2D eigenvalue weighted by Crippen LogP contribution is -2.17. The Morgan fingerprint density at radius 2 is 1.34 bits per heavy atom. The molecule has 0 saturated carbocycles. The molecule has 3 heteroatoms. The first-order valence-electron chi connectivity index (χ1n) is 11.4. The molecule has 0 spiro atoms. The lowest BCUT2D eigenvalue weighted by Gasteiger charge is -2.20. The second-order valence-electron chi connectivity index (χ2n) is 9.05. The van der Waals surface area contributed by atoms with Gasteiger partial charge in [0.25, 0.3) is 0 Å². The minimum Gasteiger partial charge on any atom is -0.393 e. The number of aliphatic hydroxyl groups excluding tert-OH is 1. The zero-order valence-corrected chi connectivity index (χ0v) is 19.6. The third-order valence-electron chi connectivity index (χ3n) is 5.64. The largest absolute Gasteiger partial charge is 0.393 e. The molecule has 1 aliphatic carbocycles. The highest BCUT2D eigenvalue weighted by molar-refractivity contribution is 6.14. The van der Waals surface area contributed by atoms with Crippen molar-refractivity contribution in [2.45, 2.75) is 99.0 Å². The molecule has 1 unspecified atom stereocenters. The maximum Gasteiger partial charge on any atom is 0.178 e. The molecular formula is C26H44O3. The monoisotopic (exact) mass is 404 g/mol. The van der Waals surface area contributed by atoms with Crippen LogP contribution in [0.25, 0.3) is 0 Å². The van der Waals surface area contributed by atoms with Gasteiger partial charge >= 0.3 is 0 Å². The van der Waals surface area contributed by atoms with E-state index >= 15 is 0 Å². The van der Waals surface area contributed by atoms with Gasteiger partial charge in [0.2, 0.25) is 0 Å². The number of allylic oxidation sites excluding steroid dienone is 6. The summed E-state index contributed by atoms with van der Waals surface area (Å²) in [5, 5.41) is 10.2. The van der Waals surface area contributed by atoms with E-state index in [9.17, 15) is 14.7 Å². The summed E-state index contributed by atoms with van der Waals surface area (Å²) in [6.45, 7) is 13.4. The summed E-state index contributed by atoms with van der Waals surface area (Å²) >= 11 is 0. The molecule has 1 rings (SSSR count). The molecule has 0 aromatic heterocycles. The fourth-order valence-corrected chi connectivity index (χ4v) is 3.24. The Morgan fingerprint density at radius 3 is 1.79 bits per heavy atom. The third-order valence-corrected chi connectivity index (χ3v) is 5.64. The summed E-state index contributed by atoms with van der Waals surface area (Å²) in [6, 6.07) is 0. The third kappa shape index (κ3) is 16.0. The van der Waals surface area contributed by atoms with E-state index < -0.39 is 0 Å². The molecule has 0 radical (unpaired) electrons. The van der Waals surface area contributed by atoms with Gasteiger partial charge in [0.1, 0.15) is 0 Å². The van der Waals surface area contributed by atoms with Crippen LogP contribution in [0.15, 0.2) is 36.0 Å². The Kier molecular flexibility index (Phi) is 15.5. The number of hydrogen-bond acceptors (Lipinski definition) is 3. The first-order chi connectivity index (χ1) is 13.6. The van der Waals surface area contributed by atoms with Crippen LogP contribution in [0.2, 0.25) is 0 Å². The van der Waals surface area contributed by atoms with Crippen LogP contribution in [0.5, 0.6) is 0 Å². The molecule has 0 aliphatic heterocycles. The Morgan fingerprint density at radius 1 is 0.862 bits per heavy atom. The molecule has 1 N–H and O–H groups in total. The van der Waals surface area contributed by atoms with E-state index in [1.54, 1.807) is 0 Å². The lowest BCUT2D eigenvalue weighted by atomic mass is 9.90. The van der Waals surface area contributed by atoms with Gasteiger partial charge < -0.3 is 5.11 Å². The highest BCUT2D eigenvalue weighted by Gasteiger charge is 2.14. The van der Waals surface area contributed by atoms with Crippen LogP contribution in [0.4, 0.5) is 0 Å². The van der Waals surface area contributed by atoms with Gasteiger partial charge in [-0.3, -0.25) is 9.59 Å². The maximum atomic E-state index is 10.3. The number of carbonyl (C=O) groups excluding carboxylic acids is 2. The summed E-state index contributed by atoms with van der Waals surface area (Å²) in [6.07, 6.45) is 16.9. The summed E-state index contributed by atoms with van der Waals surface area (Å²) in [5.41, 5.74) is 1.39. The van der Waals surface area contributed by atoms with Gasteiger partial charge in [0.15, 0.2) is 11.6 Å². The van der Waals surface area contributed by atoms with Gasteiger partial charge in [-0.25, -0.2) is 0 Å². The zero-order chi connectivity index (χ0) is 22.2. The second kappa shape index (κ2) is 16.3. The van der Waals surface area contributed by atoms with E-state index in [0.29, 0.717) is 5.92 Å². The van der Waals surface area contributed by atoms with Crippen LogP contribution in [0.3, 0.4) is 0 Å². The fourth-order valence-electron chi connectivity index (χ4n) is 3.24. The SMILES string of the molecule is C/C=C(\C)CCC(O)[C@H](C)CCC[C@H](C)CCCC(C)C.O=C1C=CC(=O)C=C1. The topological polar surface area (TPSA) is 54.4 Å². The predicted octanol–water partition coefficient (Wildman–Crippen LogP) is 6.61. The van der Waals surface area contributed by atoms with Crippen molar-refractivity contribution in [3.8, 4) is 0 Å². The molecule has 0 amide bonds.